The van der Waals surface area contributed by atoms with Crippen LogP contribution in [0.3, 0.4) is 0 Å². The predicted octanol–water partition coefficient (Wildman–Crippen LogP) is -0.930. The molecule has 0 aromatic rings. The average molecular weight is 291 g/mol. The summed E-state index contributed by atoms with van der Waals surface area (Å²) < 4.78 is 0. The van der Waals surface area contributed by atoms with Gasteiger partial charge in [0.15, 0.2) is 0 Å². The first-order chi connectivity index (χ1) is 8.82. The van der Waals surface area contributed by atoms with Crippen LogP contribution in [0.4, 0.5) is 0 Å². The van der Waals surface area contributed by atoms with E-state index in [9.17, 15) is 14.4 Å². The van der Waals surface area contributed by atoms with Crippen LogP contribution in [0.15, 0.2) is 0 Å². The number of likely N-dealkylation sites (N-methyl/N-ethyl adjacent to an activating group) is 1. The summed E-state index contributed by atoms with van der Waals surface area (Å²) in [6.07, 6.45) is 0.207. The van der Waals surface area contributed by atoms with Crippen LogP contribution >= 0.6 is 11.8 Å². The number of carboxylic acids is 1. The summed E-state index contributed by atoms with van der Waals surface area (Å²) in [5, 5.41) is 8.77. The van der Waals surface area contributed by atoms with E-state index in [2.05, 4.69) is 0 Å². The van der Waals surface area contributed by atoms with E-state index in [-0.39, 0.29) is 24.6 Å². The molecule has 3 N–H and O–H groups in total. The van der Waals surface area contributed by atoms with Crippen molar-refractivity contribution in [3.05, 3.63) is 0 Å². The Hall–Kier alpha value is -1.28. The number of carbonyl (C=O) groups excluding carboxylic acids is 2. The van der Waals surface area contributed by atoms with Crippen LogP contribution < -0.4 is 5.73 Å². The molecule has 2 amide bonds. The molecule has 0 atom stereocenters. The summed E-state index contributed by atoms with van der Waals surface area (Å²) >= 11 is 1.27. The van der Waals surface area contributed by atoms with Gasteiger partial charge in [-0.15, -0.1) is 0 Å². The highest BCUT2D eigenvalue weighted by Crippen LogP contribution is 2.04. The molecule has 0 saturated carbocycles. The minimum atomic E-state index is -1.03. The molecule has 0 heterocycles. The van der Waals surface area contributed by atoms with Crippen molar-refractivity contribution < 1.29 is 19.5 Å². The maximum atomic E-state index is 11.9. The lowest BCUT2D eigenvalue weighted by molar-refractivity contribution is -0.144. The largest absolute Gasteiger partial charge is 0.480 e. The van der Waals surface area contributed by atoms with Crippen molar-refractivity contribution in [2.24, 2.45) is 5.73 Å². The van der Waals surface area contributed by atoms with E-state index in [1.54, 1.807) is 0 Å². The van der Waals surface area contributed by atoms with Crippen LogP contribution in [0.2, 0.25) is 0 Å². The zero-order valence-corrected chi connectivity index (χ0v) is 12.1. The van der Waals surface area contributed by atoms with Gasteiger partial charge in [0.05, 0.1) is 5.75 Å². The van der Waals surface area contributed by atoms with Crippen LogP contribution in [0.5, 0.6) is 0 Å². The molecule has 0 rings (SSSR count). The quantitative estimate of drug-likeness (QED) is 0.504. The van der Waals surface area contributed by atoms with Crippen LogP contribution in [0, 0.1) is 0 Å². The maximum Gasteiger partial charge on any atom is 0.323 e. The van der Waals surface area contributed by atoms with Gasteiger partial charge in [0.25, 0.3) is 0 Å². The molecule has 0 aromatic carbocycles. The van der Waals surface area contributed by atoms with E-state index in [0.717, 1.165) is 0 Å². The molecular weight excluding hydrogens is 270 g/mol. The molecule has 0 saturated heterocycles. The Bertz CT molecular complexity index is 323. The first-order valence-electron chi connectivity index (χ1n) is 5.83. The van der Waals surface area contributed by atoms with Crippen molar-refractivity contribution in [3.63, 3.8) is 0 Å². The standard InChI is InChI=1S/C11H21N3O4S/c1-13(2)4-5-14(7-11(17)18)10(16)3-6-19-8-9(12)15/h3-8H2,1-2H3,(H2,12,15)(H,17,18). The zero-order valence-electron chi connectivity index (χ0n) is 11.3. The second kappa shape index (κ2) is 9.62. The maximum absolute atomic E-state index is 11.9. The minimum Gasteiger partial charge on any atom is -0.480 e. The summed E-state index contributed by atoms with van der Waals surface area (Å²) in [4.78, 5) is 36.3. The third kappa shape index (κ3) is 10.3. The SMILES string of the molecule is CN(C)CCN(CC(=O)O)C(=O)CCSCC(N)=O. The van der Waals surface area contributed by atoms with Gasteiger partial charge in [0.1, 0.15) is 6.54 Å². The number of carboxylic acid groups (broad SMARTS) is 1. The Balaban J connectivity index is 4.13. The van der Waals surface area contributed by atoms with Crippen molar-refractivity contribution >= 4 is 29.5 Å². The van der Waals surface area contributed by atoms with E-state index in [4.69, 9.17) is 10.8 Å². The summed E-state index contributed by atoms with van der Waals surface area (Å²) in [7, 11) is 3.71. The van der Waals surface area contributed by atoms with Gasteiger partial charge in [-0.1, -0.05) is 0 Å². The number of nitrogens with zero attached hydrogens (tertiary/aromatic N) is 2. The average Bonchev–Trinajstić information content (AvgIpc) is 2.28. The van der Waals surface area contributed by atoms with Crippen LogP contribution in [0.1, 0.15) is 6.42 Å². The number of carbonyl (C=O) groups is 3. The van der Waals surface area contributed by atoms with Crippen LogP contribution in [0.25, 0.3) is 0 Å². The highest BCUT2D eigenvalue weighted by molar-refractivity contribution is 7.99. The van der Waals surface area contributed by atoms with Crippen LogP contribution in [-0.2, 0) is 14.4 Å². The monoisotopic (exact) mass is 291 g/mol. The van der Waals surface area contributed by atoms with E-state index in [1.165, 1.54) is 16.7 Å². The van der Waals surface area contributed by atoms with Crippen molar-refractivity contribution in [3.8, 4) is 0 Å². The van der Waals surface area contributed by atoms with Gasteiger partial charge in [0, 0.05) is 25.3 Å². The van der Waals surface area contributed by atoms with Gasteiger partial charge < -0.3 is 20.6 Å². The highest BCUT2D eigenvalue weighted by Gasteiger charge is 2.16. The molecule has 0 spiro atoms. The number of primary amides is 1. The molecular formula is C11H21N3O4S. The van der Waals surface area contributed by atoms with Crippen molar-refractivity contribution in [1.82, 2.24) is 9.80 Å². The fourth-order valence-electron chi connectivity index (χ4n) is 1.27. The molecule has 0 fully saturated rings. The normalized spacial score (nSPS) is 10.5. The summed E-state index contributed by atoms with van der Waals surface area (Å²) in [6.45, 7) is 0.680. The minimum absolute atomic E-state index is 0.171. The lowest BCUT2D eigenvalue weighted by Crippen LogP contribution is -2.40. The third-order valence-corrected chi connectivity index (χ3v) is 3.18. The van der Waals surface area contributed by atoms with E-state index in [0.29, 0.717) is 18.8 Å². The molecule has 0 unspecified atom stereocenters. The van der Waals surface area contributed by atoms with Gasteiger partial charge in [0.2, 0.25) is 11.8 Å². The van der Waals surface area contributed by atoms with E-state index >= 15 is 0 Å². The first-order valence-corrected chi connectivity index (χ1v) is 6.98. The van der Waals surface area contributed by atoms with E-state index in [1.807, 2.05) is 19.0 Å². The Labute approximate surface area is 117 Å². The second-order valence-corrected chi connectivity index (χ2v) is 5.39. The van der Waals surface area contributed by atoms with Gasteiger partial charge in [-0.25, -0.2) is 0 Å². The fourth-order valence-corrected chi connectivity index (χ4v) is 1.93. The number of amides is 2. The summed E-state index contributed by atoms with van der Waals surface area (Å²) in [5.41, 5.74) is 4.98. The number of nitrogens with two attached hydrogens (primary N) is 1. The number of thioether (sulfide) groups is 1. The number of aliphatic carboxylic acids is 1. The van der Waals surface area contributed by atoms with Crippen molar-refractivity contribution in [1.29, 1.82) is 0 Å². The Morgan fingerprint density at radius 1 is 1.21 bits per heavy atom. The highest BCUT2D eigenvalue weighted by atomic mass is 32.2. The first kappa shape index (κ1) is 17.7. The van der Waals surface area contributed by atoms with Gasteiger partial charge >= 0.3 is 5.97 Å². The van der Waals surface area contributed by atoms with Crippen molar-refractivity contribution in [2.45, 2.75) is 6.42 Å². The molecule has 0 radical (unpaired) electrons. The Morgan fingerprint density at radius 2 is 1.84 bits per heavy atom. The molecule has 0 aliphatic carbocycles. The van der Waals surface area contributed by atoms with E-state index < -0.39 is 11.9 Å². The second-order valence-electron chi connectivity index (χ2n) is 4.28. The summed E-state index contributed by atoms with van der Waals surface area (Å²) in [5.74, 6) is -1.05. The molecule has 19 heavy (non-hydrogen) atoms. The lowest BCUT2D eigenvalue weighted by atomic mass is 10.3. The van der Waals surface area contributed by atoms with Gasteiger partial charge in [-0.05, 0) is 14.1 Å². The molecule has 8 heteroatoms. The predicted molar refractivity (Wildman–Crippen MR) is 73.9 cm³/mol. The third-order valence-electron chi connectivity index (χ3n) is 2.20. The van der Waals surface area contributed by atoms with Crippen LogP contribution in [-0.4, -0.2) is 77.9 Å². The molecule has 0 aliphatic heterocycles. The molecule has 0 aromatic heterocycles. The Kier molecular flexibility index (Phi) is 8.98. The number of rotatable bonds is 10. The molecule has 110 valence electrons. The smallest absolute Gasteiger partial charge is 0.323 e. The van der Waals surface area contributed by atoms with Crippen molar-refractivity contribution in [2.75, 3.05) is 45.2 Å². The Morgan fingerprint density at radius 3 is 2.32 bits per heavy atom. The summed E-state index contributed by atoms with van der Waals surface area (Å²) in [6, 6.07) is 0. The number of hydrogen-bond acceptors (Lipinski definition) is 5. The zero-order chi connectivity index (χ0) is 14.8. The van der Waals surface area contributed by atoms with Gasteiger partial charge in [-0.2, -0.15) is 11.8 Å². The number of hydrogen-bond donors (Lipinski definition) is 2. The molecule has 0 bridgehead atoms. The molecule has 0 aliphatic rings. The van der Waals surface area contributed by atoms with Gasteiger partial charge in [-0.3, -0.25) is 14.4 Å². The topological polar surface area (TPSA) is 104 Å². The lowest BCUT2D eigenvalue weighted by Gasteiger charge is -2.22. The fraction of sp³-hybridized carbons (Fsp3) is 0.727. The molecule has 7 nitrogen and oxygen atoms in total.